The molecule has 2 aliphatic heterocycles. The summed E-state index contributed by atoms with van der Waals surface area (Å²) in [7, 11) is 0. The largest absolute Gasteiger partial charge is 0.444 e. The molecular weight excluding hydrogens is 364 g/mol. The van der Waals surface area contributed by atoms with E-state index in [0.717, 1.165) is 49.5 Å². The molecule has 2 heterocycles. The van der Waals surface area contributed by atoms with Gasteiger partial charge in [0.05, 0.1) is 11.1 Å². The van der Waals surface area contributed by atoms with Crippen LogP contribution in [0.1, 0.15) is 75.8 Å². The third kappa shape index (κ3) is 4.20. The van der Waals surface area contributed by atoms with E-state index in [1.54, 1.807) is 4.90 Å². The van der Waals surface area contributed by atoms with Crippen LogP contribution in [0.25, 0.3) is 0 Å². The molecule has 1 spiro atoms. The number of nitrogens with zero attached hydrogens (tertiary/aromatic N) is 1. The zero-order valence-electron chi connectivity index (χ0n) is 17.7. The van der Waals surface area contributed by atoms with Crippen LogP contribution in [-0.4, -0.2) is 31.7 Å². The number of rotatable bonds is 4. The molecule has 1 saturated heterocycles. The minimum absolute atomic E-state index is 0.0122. The number of hydrogen-bond donors (Lipinski definition) is 1. The normalized spacial score (nSPS) is 22.2. The van der Waals surface area contributed by atoms with Crippen molar-refractivity contribution in [1.29, 1.82) is 0 Å². The zero-order valence-corrected chi connectivity index (χ0v) is 17.7. The van der Waals surface area contributed by atoms with E-state index in [4.69, 9.17) is 4.74 Å². The molecule has 1 aromatic carbocycles. The first-order valence-electron chi connectivity index (χ1n) is 11.4. The molecule has 0 bridgehead atoms. The Kier molecular flexibility index (Phi) is 6.23. The first kappa shape index (κ1) is 20.4. The highest BCUT2D eigenvalue weighted by Gasteiger charge is 2.51. The zero-order chi connectivity index (χ0) is 20.3. The second kappa shape index (κ2) is 8.86. The van der Waals surface area contributed by atoms with Gasteiger partial charge in [0.15, 0.2) is 6.73 Å². The highest BCUT2D eigenvalue weighted by molar-refractivity contribution is 6.08. The number of carbonyl (C=O) groups excluding carboxylic acids is 2. The van der Waals surface area contributed by atoms with Crippen molar-refractivity contribution in [2.75, 3.05) is 24.7 Å². The first-order chi connectivity index (χ1) is 14.1. The fourth-order valence-corrected chi connectivity index (χ4v) is 5.51. The van der Waals surface area contributed by atoms with Crippen molar-refractivity contribution in [3.63, 3.8) is 0 Å². The average molecular weight is 399 g/mol. The van der Waals surface area contributed by atoms with Crippen LogP contribution in [0.3, 0.4) is 0 Å². The van der Waals surface area contributed by atoms with Crippen LogP contribution < -0.4 is 10.2 Å². The van der Waals surface area contributed by atoms with E-state index in [0.29, 0.717) is 0 Å². The molecule has 5 nitrogen and oxygen atoms in total. The molecule has 0 atom stereocenters. The van der Waals surface area contributed by atoms with Crippen LogP contribution in [0.5, 0.6) is 0 Å². The summed E-state index contributed by atoms with van der Waals surface area (Å²) < 4.78 is 5.22. The summed E-state index contributed by atoms with van der Waals surface area (Å²) in [6.45, 7) is 3.09. The van der Waals surface area contributed by atoms with Gasteiger partial charge in [-0.25, -0.2) is 0 Å². The number of carbonyl (C=O) groups is 2. The van der Waals surface area contributed by atoms with E-state index >= 15 is 0 Å². The summed E-state index contributed by atoms with van der Waals surface area (Å²) in [4.78, 5) is 26.5. The summed E-state index contributed by atoms with van der Waals surface area (Å²) >= 11 is 0. The lowest BCUT2D eigenvalue weighted by atomic mass is 9.73. The molecule has 1 saturated carbocycles. The van der Waals surface area contributed by atoms with Crippen molar-refractivity contribution in [2.45, 2.75) is 76.5 Å². The van der Waals surface area contributed by atoms with Gasteiger partial charge in [0.2, 0.25) is 5.91 Å². The van der Waals surface area contributed by atoms with E-state index in [2.05, 4.69) is 23.5 Å². The molecule has 1 aliphatic carbocycles. The highest BCUT2D eigenvalue weighted by Crippen LogP contribution is 2.47. The van der Waals surface area contributed by atoms with E-state index in [1.807, 2.05) is 0 Å². The lowest BCUT2D eigenvalue weighted by Crippen LogP contribution is -2.47. The summed E-state index contributed by atoms with van der Waals surface area (Å²) in [6.07, 6.45) is 12.2. The first-order valence-corrected chi connectivity index (χ1v) is 11.4. The smallest absolute Gasteiger partial charge is 0.304 e. The van der Waals surface area contributed by atoms with Gasteiger partial charge >= 0.3 is 5.97 Å². The van der Waals surface area contributed by atoms with Crippen molar-refractivity contribution >= 4 is 17.6 Å². The number of hydrogen-bond acceptors (Lipinski definition) is 4. The molecule has 0 unspecified atom stereocenters. The molecule has 4 rings (SSSR count). The van der Waals surface area contributed by atoms with E-state index in [9.17, 15) is 9.59 Å². The van der Waals surface area contributed by atoms with E-state index in [-0.39, 0.29) is 18.6 Å². The number of piperidine rings is 1. The Morgan fingerprint density at radius 2 is 1.83 bits per heavy atom. The maximum absolute atomic E-state index is 13.4. The number of benzene rings is 1. The quantitative estimate of drug-likeness (QED) is 0.777. The Balaban J connectivity index is 1.60. The lowest BCUT2D eigenvalue weighted by Gasteiger charge is -2.33. The number of nitrogens with one attached hydrogen (secondary N) is 1. The lowest BCUT2D eigenvalue weighted by molar-refractivity contribution is -0.141. The summed E-state index contributed by atoms with van der Waals surface area (Å²) in [5.74, 6) is 0.497. The minimum atomic E-state index is -0.461. The maximum atomic E-state index is 13.4. The van der Waals surface area contributed by atoms with Crippen molar-refractivity contribution < 1.29 is 14.3 Å². The van der Waals surface area contributed by atoms with Crippen LogP contribution in [-0.2, 0) is 26.2 Å². The topological polar surface area (TPSA) is 58.6 Å². The molecule has 2 fully saturated rings. The SMILES string of the molecule is CC(=O)OCN1C(=O)C2(CCNCC2)c2cc(CC3CCCCCCC3)ccc21. The Labute approximate surface area is 174 Å². The summed E-state index contributed by atoms with van der Waals surface area (Å²) in [6, 6.07) is 6.57. The molecule has 1 amide bonds. The average Bonchev–Trinajstić information content (AvgIpc) is 2.91. The summed E-state index contributed by atoms with van der Waals surface area (Å²) in [5, 5.41) is 3.39. The monoisotopic (exact) mass is 398 g/mol. The van der Waals surface area contributed by atoms with Crippen LogP contribution in [0.15, 0.2) is 18.2 Å². The Morgan fingerprint density at radius 3 is 2.52 bits per heavy atom. The fourth-order valence-electron chi connectivity index (χ4n) is 5.51. The van der Waals surface area contributed by atoms with Crippen molar-refractivity contribution in [1.82, 2.24) is 5.32 Å². The van der Waals surface area contributed by atoms with Gasteiger partial charge in [0.1, 0.15) is 0 Å². The Hall–Kier alpha value is -1.88. The Bertz CT molecular complexity index is 746. The van der Waals surface area contributed by atoms with Gasteiger partial charge < -0.3 is 10.1 Å². The van der Waals surface area contributed by atoms with E-state index in [1.165, 1.54) is 57.4 Å². The number of anilines is 1. The molecule has 0 radical (unpaired) electrons. The highest BCUT2D eigenvalue weighted by atomic mass is 16.5. The van der Waals surface area contributed by atoms with Gasteiger partial charge in [-0.15, -0.1) is 0 Å². The van der Waals surface area contributed by atoms with Gasteiger partial charge in [0, 0.05) is 6.92 Å². The number of esters is 1. The molecule has 1 aromatic rings. The second-order valence-corrected chi connectivity index (χ2v) is 9.10. The van der Waals surface area contributed by atoms with Crippen molar-refractivity contribution in [2.24, 2.45) is 5.92 Å². The molecule has 1 N–H and O–H groups in total. The fraction of sp³-hybridized carbons (Fsp3) is 0.667. The predicted molar refractivity (Wildman–Crippen MR) is 114 cm³/mol. The molecule has 5 heteroatoms. The predicted octanol–water partition coefficient (Wildman–Crippen LogP) is 4.08. The molecular formula is C24H34N2O3. The maximum Gasteiger partial charge on any atom is 0.304 e. The standard InChI is InChI=1S/C24H34N2O3/c1-18(27)29-17-26-22-10-9-20(15-19-7-5-3-2-4-6-8-19)16-21(22)24(23(26)28)11-13-25-14-12-24/h9-10,16,19,25H,2-8,11-15,17H2,1H3. The van der Waals surface area contributed by atoms with Gasteiger partial charge in [-0.1, -0.05) is 57.1 Å². The number of ether oxygens (including phenoxy) is 1. The molecule has 3 aliphatic rings. The van der Waals surface area contributed by atoms with Gasteiger partial charge in [-0.3, -0.25) is 14.5 Å². The van der Waals surface area contributed by atoms with Crippen molar-refractivity contribution in [3.05, 3.63) is 29.3 Å². The van der Waals surface area contributed by atoms with Gasteiger partial charge in [-0.2, -0.15) is 0 Å². The second-order valence-electron chi connectivity index (χ2n) is 9.10. The van der Waals surface area contributed by atoms with Crippen LogP contribution in [0.4, 0.5) is 5.69 Å². The Morgan fingerprint density at radius 1 is 1.14 bits per heavy atom. The van der Waals surface area contributed by atoms with Crippen LogP contribution in [0, 0.1) is 5.92 Å². The van der Waals surface area contributed by atoms with Crippen LogP contribution in [0.2, 0.25) is 0 Å². The van der Waals surface area contributed by atoms with Crippen LogP contribution >= 0.6 is 0 Å². The third-order valence-electron chi connectivity index (χ3n) is 7.13. The van der Waals surface area contributed by atoms with Gasteiger partial charge in [-0.05, 0) is 55.5 Å². The van der Waals surface area contributed by atoms with Crippen molar-refractivity contribution in [3.8, 4) is 0 Å². The molecule has 0 aromatic heterocycles. The minimum Gasteiger partial charge on any atom is -0.444 e. The third-order valence-corrected chi connectivity index (χ3v) is 7.13. The molecule has 29 heavy (non-hydrogen) atoms. The molecule has 158 valence electrons. The van der Waals surface area contributed by atoms with Gasteiger partial charge in [0.25, 0.3) is 0 Å². The summed E-state index contributed by atoms with van der Waals surface area (Å²) in [5.41, 5.74) is 2.98. The van der Waals surface area contributed by atoms with E-state index < -0.39 is 5.41 Å². The number of fused-ring (bicyclic) bond motifs is 2. The number of amides is 1.